The monoisotopic (exact) mass is 742 g/mol. The van der Waals surface area contributed by atoms with E-state index in [1.54, 1.807) is 57.2 Å². The summed E-state index contributed by atoms with van der Waals surface area (Å²) in [7, 11) is -7.51. The zero-order valence-electron chi connectivity index (χ0n) is 29.3. The van der Waals surface area contributed by atoms with Crippen LogP contribution in [0.4, 0.5) is 4.79 Å². The van der Waals surface area contributed by atoms with Gasteiger partial charge in [0.1, 0.15) is 11.9 Å². The highest BCUT2D eigenvalue weighted by Crippen LogP contribution is 2.47. The molecule has 0 spiro atoms. The molecular formula is C34H51N2O12PS. The number of amides is 1. The molecule has 50 heavy (non-hydrogen) atoms. The molecule has 14 nitrogen and oxygen atoms in total. The van der Waals surface area contributed by atoms with Crippen LogP contribution in [0.3, 0.4) is 0 Å². The van der Waals surface area contributed by atoms with Crippen molar-refractivity contribution in [2.75, 3.05) is 45.9 Å². The van der Waals surface area contributed by atoms with E-state index in [9.17, 15) is 28.0 Å². The number of carbonyl (C=O) groups is 1. The molecule has 0 saturated carbocycles. The predicted molar refractivity (Wildman–Crippen MR) is 184 cm³/mol. The number of hydrogen-bond donors (Lipinski definition) is 3. The molecule has 3 N–H and O–H groups in total. The van der Waals surface area contributed by atoms with Gasteiger partial charge in [-0.15, -0.1) is 0 Å². The van der Waals surface area contributed by atoms with Gasteiger partial charge in [0.2, 0.25) is 10.0 Å². The van der Waals surface area contributed by atoms with E-state index in [1.807, 2.05) is 13.8 Å². The lowest BCUT2D eigenvalue weighted by Gasteiger charge is -2.31. The van der Waals surface area contributed by atoms with Crippen molar-refractivity contribution in [3.63, 3.8) is 0 Å². The number of sulfonamides is 1. The van der Waals surface area contributed by atoms with E-state index in [2.05, 4.69) is 5.32 Å². The summed E-state index contributed by atoms with van der Waals surface area (Å²) in [6.07, 6.45) is -3.31. The molecule has 2 saturated heterocycles. The van der Waals surface area contributed by atoms with Crippen LogP contribution in [0.5, 0.6) is 5.75 Å². The van der Waals surface area contributed by atoms with Gasteiger partial charge in [0.15, 0.2) is 12.6 Å². The van der Waals surface area contributed by atoms with Crippen LogP contribution in [-0.4, -0.2) is 99.4 Å². The molecule has 0 aromatic heterocycles. The quantitative estimate of drug-likeness (QED) is 0.173. The smallest absolute Gasteiger partial charge is 0.407 e. The van der Waals surface area contributed by atoms with E-state index < -0.39 is 54.4 Å². The van der Waals surface area contributed by atoms with E-state index in [-0.39, 0.29) is 62.4 Å². The van der Waals surface area contributed by atoms with Gasteiger partial charge in [-0.25, -0.2) is 13.2 Å². The van der Waals surface area contributed by atoms with Gasteiger partial charge in [-0.05, 0) is 74.9 Å². The highest BCUT2D eigenvalue weighted by molar-refractivity contribution is 7.89. The number of nitrogens with one attached hydrogen (secondary N) is 1. The van der Waals surface area contributed by atoms with Gasteiger partial charge in [-0.1, -0.05) is 38.1 Å². The average Bonchev–Trinajstić information content (AvgIpc) is 3.69. The molecule has 2 aliphatic heterocycles. The van der Waals surface area contributed by atoms with E-state index in [0.717, 1.165) is 0 Å². The summed E-state index contributed by atoms with van der Waals surface area (Å²) in [5.74, 6) is 0.231. The second-order valence-electron chi connectivity index (χ2n) is 12.8. The Kier molecular flexibility index (Phi) is 14.7. The van der Waals surface area contributed by atoms with Crippen molar-refractivity contribution < 1.29 is 56.0 Å². The molecule has 1 amide bonds. The zero-order valence-corrected chi connectivity index (χ0v) is 31.0. The molecule has 0 bridgehead atoms. The lowest BCUT2D eigenvalue weighted by Crippen LogP contribution is -2.51. The molecule has 6 atom stereocenters. The molecule has 0 radical (unpaired) electrons. The molecule has 0 unspecified atom stereocenters. The fraction of sp³-hybridized carbons (Fsp3) is 0.618. The number of nitrogens with zero attached hydrogens (tertiary/aromatic N) is 1. The number of fused-ring (bicyclic) bond motifs is 1. The topological polar surface area (TPSA) is 179 Å². The third-order valence-corrected chi connectivity index (χ3v) is 12.0. The predicted octanol–water partition coefficient (Wildman–Crippen LogP) is 4.45. The van der Waals surface area contributed by atoms with Crippen molar-refractivity contribution in [1.29, 1.82) is 0 Å². The van der Waals surface area contributed by atoms with Crippen molar-refractivity contribution in [1.82, 2.24) is 9.62 Å². The van der Waals surface area contributed by atoms with Crippen molar-refractivity contribution in [3.05, 3.63) is 59.7 Å². The summed E-state index contributed by atoms with van der Waals surface area (Å²) in [4.78, 5) is 13.3. The Bertz CT molecular complexity index is 1510. The summed E-state index contributed by atoms with van der Waals surface area (Å²) in [6, 6.07) is 11.8. The standard InChI is InChI=1S/C34H51N2O12PS/c1-6-46-49(40,47-7-2)22-45-27-12-8-25(9-13-27)18-30(35-34(39)48-32-21-44-33-29(32)16-17-43-33)31(38)20-36(19-23(3)4)50(41,42)28-14-10-26(11-15-28)24(5)37/h8-15,23-24,29-33,37-38H,6-7,16-22H2,1-5H3,(H,35,39)/t24-,29-,30-,31+,32-,33+/m0/s1. The zero-order chi connectivity index (χ0) is 36.5. The normalized spacial score (nSPS) is 21.2. The summed E-state index contributed by atoms with van der Waals surface area (Å²) in [5, 5.41) is 24.3. The second kappa shape index (κ2) is 18.3. The minimum absolute atomic E-state index is 0.0158. The van der Waals surface area contributed by atoms with Gasteiger partial charge in [-0.3, -0.25) is 4.57 Å². The first-order valence-corrected chi connectivity index (χ1v) is 20.2. The van der Waals surface area contributed by atoms with Gasteiger partial charge in [-0.2, -0.15) is 4.31 Å². The van der Waals surface area contributed by atoms with Crippen molar-refractivity contribution in [2.24, 2.45) is 11.8 Å². The van der Waals surface area contributed by atoms with Crippen LogP contribution in [0.1, 0.15) is 58.3 Å². The Morgan fingerprint density at radius 2 is 1.66 bits per heavy atom. The molecule has 2 aromatic carbocycles. The first-order chi connectivity index (χ1) is 23.7. The summed E-state index contributed by atoms with van der Waals surface area (Å²) >= 11 is 0. The van der Waals surface area contributed by atoms with Gasteiger partial charge in [0, 0.05) is 13.1 Å². The first-order valence-electron chi connectivity index (χ1n) is 17.0. The van der Waals surface area contributed by atoms with Crippen LogP contribution in [0, 0.1) is 11.8 Å². The Balaban J connectivity index is 1.52. The molecule has 2 heterocycles. The van der Waals surface area contributed by atoms with E-state index in [1.165, 1.54) is 16.4 Å². The maximum atomic E-state index is 13.8. The number of aliphatic hydroxyl groups is 2. The van der Waals surface area contributed by atoms with E-state index in [0.29, 0.717) is 29.9 Å². The Morgan fingerprint density at radius 3 is 2.26 bits per heavy atom. The van der Waals surface area contributed by atoms with Gasteiger partial charge < -0.3 is 43.5 Å². The average molecular weight is 743 g/mol. The summed E-state index contributed by atoms with van der Waals surface area (Å²) in [6.45, 7) is 9.64. The summed E-state index contributed by atoms with van der Waals surface area (Å²) < 4.78 is 74.8. The fourth-order valence-electron chi connectivity index (χ4n) is 5.87. The third-order valence-electron chi connectivity index (χ3n) is 8.39. The highest BCUT2D eigenvalue weighted by atomic mass is 32.2. The van der Waals surface area contributed by atoms with E-state index in [4.69, 9.17) is 28.0 Å². The fourth-order valence-corrected chi connectivity index (χ4v) is 8.81. The SMILES string of the molecule is CCOP(=O)(COc1ccc(C[C@H](NC(=O)O[C@H]2CO[C@H]3OCC[C@H]32)[C@H](O)CN(CC(C)C)S(=O)(=O)c2ccc([C@H](C)O)cc2)cc1)OCC. The van der Waals surface area contributed by atoms with Crippen LogP contribution in [0.2, 0.25) is 0 Å². The lowest BCUT2D eigenvalue weighted by molar-refractivity contribution is -0.0907. The number of ether oxygens (including phenoxy) is 4. The first kappa shape index (κ1) is 40.2. The molecule has 2 aliphatic rings. The van der Waals surface area contributed by atoms with Gasteiger partial charge in [0.05, 0.1) is 55.5 Å². The van der Waals surface area contributed by atoms with Crippen LogP contribution in [-0.2, 0) is 44.3 Å². The van der Waals surface area contributed by atoms with Crippen molar-refractivity contribution in [2.45, 2.75) is 83.0 Å². The van der Waals surface area contributed by atoms with Gasteiger partial charge >= 0.3 is 13.7 Å². The Labute approximate surface area is 294 Å². The number of hydrogen-bond acceptors (Lipinski definition) is 12. The van der Waals surface area contributed by atoms with Crippen LogP contribution >= 0.6 is 7.60 Å². The second-order valence-corrected chi connectivity index (χ2v) is 16.8. The lowest BCUT2D eigenvalue weighted by atomic mass is 10.0. The minimum Gasteiger partial charge on any atom is -0.481 e. The largest absolute Gasteiger partial charge is 0.481 e. The van der Waals surface area contributed by atoms with E-state index >= 15 is 0 Å². The number of alkyl carbamates (subject to hydrolysis) is 1. The molecule has 4 rings (SSSR count). The highest BCUT2D eigenvalue weighted by Gasteiger charge is 2.44. The molecule has 0 aliphatic carbocycles. The molecular weight excluding hydrogens is 691 g/mol. The number of carbonyl (C=O) groups excluding carboxylic acids is 1. The molecule has 16 heteroatoms. The van der Waals surface area contributed by atoms with Crippen LogP contribution < -0.4 is 10.1 Å². The molecule has 280 valence electrons. The minimum atomic E-state index is -4.07. The Morgan fingerprint density at radius 1 is 1.00 bits per heavy atom. The maximum Gasteiger partial charge on any atom is 0.407 e. The van der Waals surface area contributed by atoms with Gasteiger partial charge in [0.25, 0.3) is 0 Å². The van der Waals surface area contributed by atoms with Crippen LogP contribution in [0.25, 0.3) is 0 Å². The number of rotatable bonds is 19. The third kappa shape index (κ3) is 11.0. The van der Waals surface area contributed by atoms with Crippen LogP contribution in [0.15, 0.2) is 53.4 Å². The molecule has 2 fully saturated rings. The Hall–Kier alpha value is -2.59. The maximum absolute atomic E-state index is 13.8. The number of aliphatic hydroxyl groups excluding tert-OH is 2. The van der Waals surface area contributed by atoms with Crippen molar-refractivity contribution >= 4 is 23.7 Å². The number of benzene rings is 2. The molecule has 2 aromatic rings. The summed E-state index contributed by atoms with van der Waals surface area (Å²) in [5.41, 5.74) is 1.26. The van der Waals surface area contributed by atoms with Crippen molar-refractivity contribution in [3.8, 4) is 5.75 Å².